The van der Waals surface area contributed by atoms with Crippen molar-refractivity contribution >= 4 is 17.7 Å². The quantitative estimate of drug-likeness (QED) is 0.832. The molecule has 1 unspecified atom stereocenters. The first kappa shape index (κ1) is 12.1. The number of benzene rings is 1. The van der Waals surface area contributed by atoms with Crippen LogP contribution in [0.15, 0.2) is 24.3 Å². The average Bonchev–Trinajstić information content (AvgIpc) is 2.26. The smallest absolute Gasteiger partial charge is 0.335 e. The number of carboxylic acids is 1. The molecule has 0 aliphatic rings. The molecule has 0 spiro atoms. The second-order valence-electron chi connectivity index (χ2n) is 3.54. The Balaban J connectivity index is 2.62. The fourth-order valence-corrected chi connectivity index (χ4v) is 2.04. The lowest BCUT2D eigenvalue weighted by Crippen LogP contribution is -1.98. The molecule has 1 atom stereocenters. The van der Waals surface area contributed by atoms with Gasteiger partial charge in [-0.3, -0.25) is 0 Å². The van der Waals surface area contributed by atoms with E-state index in [1.165, 1.54) is 0 Å². The van der Waals surface area contributed by atoms with Gasteiger partial charge in [0.25, 0.3) is 0 Å². The van der Waals surface area contributed by atoms with E-state index in [-0.39, 0.29) is 0 Å². The predicted molar refractivity (Wildman–Crippen MR) is 64.4 cm³/mol. The van der Waals surface area contributed by atoms with Crippen molar-refractivity contribution in [2.75, 3.05) is 0 Å². The molecule has 1 N–H and O–H groups in total. The first-order valence-electron chi connectivity index (χ1n) is 5.07. The normalized spacial score (nSPS) is 12.4. The van der Waals surface area contributed by atoms with E-state index in [1.54, 1.807) is 18.2 Å². The van der Waals surface area contributed by atoms with Crippen LogP contribution in [0.2, 0.25) is 0 Å². The van der Waals surface area contributed by atoms with Crippen molar-refractivity contribution in [3.05, 3.63) is 35.4 Å². The molecule has 0 aliphatic carbocycles. The molecule has 1 aromatic rings. The fourth-order valence-electron chi connectivity index (χ4n) is 1.15. The van der Waals surface area contributed by atoms with E-state index in [2.05, 4.69) is 13.8 Å². The van der Waals surface area contributed by atoms with Gasteiger partial charge in [0, 0.05) is 11.0 Å². The summed E-state index contributed by atoms with van der Waals surface area (Å²) in [7, 11) is 0. The molecule has 0 radical (unpaired) electrons. The van der Waals surface area contributed by atoms with Crippen LogP contribution in [0.3, 0.4) is 0 Å². The fraction of sp³-hybridized carbons (Fsp3) is 0.417. The van der Waals surface area contributed by atoms with Crippen LogP contribution in [-0.4, -0.2) is 16.3 Å². The minimum Gasteiger partial charge on any atom is -0.478 e. The molecule has 0 aromatic heterocycles. The summed E-state index contributed by atoms with van der Waals surface area (Å²) < 4.78 is 0. The molecule has 2 nitrogen and oxygen atoms in total. The van der Waals surface area contributed by atoms with Gasteiger partial charge >= 0.3 is 5.97 Å². The lowest BCUT2D eigenvalue weighted by Gasteiger charge is -2.08. The van der Waals surface area contributed by atoms with E-state index in [4.69, 9.17) is 5.11 Å². The molecule has 0 bridgehead atoms. The highest BCUT2D eigenvalue weighted by Crippen LogP contribution is 2.20. The standard InChI is InChI=1S/C12H16O2S/c1-3-9(2)15-8-10-5-4-6-11(7-10)12(13)14/h4-7,9H,3,8H2,1-2H3,(H,13,14). The summed E-state index contributed by atoms with van der Waals surface area (Å²) in [4.78, 5) is 10.7. The van der Waals surface area contributed by atoms with Crippen molar-refractivity contribution < 1.29 is 9.90 Å². The summed E-state index contributed by atoms with van der Waals surface area (Å²) in [5.74, 6) is 0.0289. The van der Waals surface area contributed by atoms with Gasteiger partial charge in [0.05, 0.1) is 5.56 Å². The molecule has 1 aromatic carbocycles. The maximum Gasteiger partial charge on any atom is 0.335 e. The van der Waals surface area contributed by atoms with Gasteiger partial charge in [0.2, 0.25) is 0 Å². The van der Waals surface area contributed by atoms with Crippen LogP contribution < -0.4 is 0 Å². The zero-order valence-electron chi connectivity index (χ0n) is 9.06. The second kappa shape index (κ2) is 5.81. The molecule has 0 saturated carbocycles. The molecular formula is C12H16O2S. The number of rotatable bonds is 5. The Labute approximate surface area is 94.7 Å². The third-order valence-corrected chi connectivity index (χ3v) is 3.69. The highest BCUT2D eigenvalue weighted by atomic mass is 32.2. The maximum absolute atomic E-state index is 10.7. The van der Waals surface area contributed by atoms with E-state index < -0.39 is 5.97 Å². The second-order valence-corrected chi connectivity index (χ2v) is 4.96. The van der Waals surface area contributed by atoms with Crippen LogP contribution in [0.5, 0.6) is 0 Å². The number of hydrogen-bond donors (Lipinski definition) is 1. The van der Waals surface area contributed by atoms with Crippen LogP contribution in [0.25, 0.3) is 0 Å². The van der Waals surface area contributed by atoms with E-state index >= 15 is 0 Å². The van der Waals surface area contributed by atoms with E-state index in [0.29, 0.717) is 10.8 Å². The van der Waals surface area contributed by atoms with Gasteiger partial charge in [-0.1, -0.05) is 26.0 Å². The third-order valence-electron chi connectivity index (χ3n) is 2.28. The Morgan fingerprint density at radius 2 is 2.27 bits per heavy atom. The first-order chi connectivity index (χ1) is 7.13. The van der Waals surface area contributed by atoms with Gasteiger partial charge in [0.15, 0.2) is 0 Å². The molecule has 0 heterocycles. The van der Waals surface area contributed by atoms with Crippen LogP contribution in [0.1, 0.15) is 36.2 Å². The molecular weight excluding hydrogens is 208 g/mol. The summed E-state index contributed by atoms with van der Waals surface area (Å²) in [6.45, 7) is 4.34. The van der Waals surface area contributed by atoms with E-state index in [9.17, 15) is 4.79 Å². The van der Waals surface area contributed by atoms with Crippen LogP contribution in [-0.2, 0) is 5.75 Å². The third kappa shape index (κ3) is 3.96. The number of hydrogen-bond acceptors (Lipinski definition) is 2. The summed E-state index contributed by atoms with van der Waals surface area (Å²) in [6, 6.07) is 7.15. The minimum absolute atomic E-state index is 0.372. The first-order valence-corrected chi connectivity index (χ1v) is 6.12. The zero-order chi connectivity index (χ0) is 11.3. The maximum atomic E-state index is 10.7. The molecule has 0 fully saturated rings. The predicted octanol–water partition coefficient (Wildman–Crippen LogP) is 3.42. The highest BCUT2D eigenvalue weighted by Gasteiger charge is 2.04. The molecule has 82 valence electrons. The van der Waals surface area contributed by atoms with E-state index in [0.717, 1.165) is 17.7 Å². The zero-order valence-corrected chi connectivity index (χ0v) is 9.88. The Bertz CT molecular complexity index is 336. The Morgan fingerprint density at radius 3 is 2.87 bits per heavy atom. The lowest BCUT2D eigenvalue weighted by molar-refractivity contribution is 0.0697. The van der Waals surface area contributed by atoms with Gasteiger partial charge in [-0.15, -0.1) is 0 Å². The van der Waals surface area contributed by atoms with Crippen molar-refractivity contribution in [3.8, 4) is 0 Å². The SMILES string of the molecule is CCC(C)SCc1cccc(C(=O)O)c1. The number of carbonyl (C=O) groups is 1. The average molecular weight is 224 g/mol. The lowest BCUT2D eigenvalue weighted by atomic mass is 10.1. The molecule has 15 heavy (non-hydrogen) atoms. The minimum atomic E-state index is -0.856. The molecule has 1 rings (SSSR count). The number of thioether (sulfide) groups is 1. The number of carboxylic acid groups (broad SMARTS) is 1. The van der Waals surface area contributed by atoms with Gasteiger partial charge in [-0.05, 0) is 24.1 Å². The monoisotopic (exact) mass is 224 g/mol. The molecule has 3 heteroatoms. The van der Waals surface area contributed by atoms with Gasteiger partial charge in [-0.25, -0.2) is 4.79 Å². The van der Waals surface area contributed by atoms with E-state index in [1.807, 2.05) is 17.8 Å². The van der Waals surface area contributed by atoms with Crippen molar-refractivity contribution in [2.45, 2.75) is 31.3 Å². The van der Waals surface area contributed by atoms with Crippen molar-refractivity contribution in [2.24, 2.45) is 0 Å². The largest absolute Gasteiger partial charge is 0.478 e. The van der Waals surface area contributed by atoms with Crippen LogP contribution in [0.4, 0.5) is 0 Å². The Morgan fingerprint density at radius 1 is 1.53 bits per heavy atom. The van der Waals surface area contributed by atoms with Crippen LogP contribution in [0, 0.1) is 0 Å². The van der Waals surface area contributed by atoms with Gasteiger partial charge in [-0.2, -0.15) is 11.8 Å². The highest BCUT2D eigenvalue weighted by molar-refractivity contribution is 7.99. The van der Waals surface area contributed by atoms with Crippen molar-refractivity contribution in [3.63, 3.8) is 0 Å². The number of aromatic carboxylic acids is 1. The van der Waals surface area contributed by atoms with Crippen LogP contribution >= 0.6 is 11.8 Å². The summed E-state index contributed by atoms with van der Waals surface area (Å²) in [6.07, 6.45) is 1.14. The molecule has 0 amide bonds. The topological polar surface area (TPSA) is 37.3 Å². The Kier molecular flexibility index (Phi) is 4.69. The van der Waals surface area contributed by atoms with Gasteiger partial charge in [0.1, 0.15) is 0 Å². The van der Waals surface area contributed by atoms with Crippen molar-refractivity contribution in [1.29, 1.82) is 0 Å². The Hall–Kier alpha value is -0.960. The summed E-state index contributed by atoms with van der Waals surface area (Å²) in [5, 5.41) is 9.45. The van der Waals surface area contributed by atoms with Crippen molar-refractivity contribution in [1.82, 2.24) is 0 Å². The summed E-state index contributed by atoms with van der Waals surface area (Å²) in [5.41, 5.74) is 1.46. The van der Waals surface area contributed by atoms with Gasteiger partial charge < -0.3 is 5.11 Å². The summed E-state index contributed by atoms with van der Waals surface area (Å²) >= 11 is 1.86. The molecule has 0 aliphatic heterocycles. The molecule has 0 saturated heterocycles.